The molecular weight excluding hydrogens is 160 g/mol. The van der Waals surface area contributed by atoms with Crippen LogP contribution in [0.15, 0.2) is 25.3 Å². The predicted octanol–water partition coefficient (Wildman–Crippen LogP) is 3.09. The highest BCUT2D eigenvalue weighted by Gasteiger charge is 2.04. The van der Waals surface area contributed by atoms with Gasteiger partial charge in [0.1, 0.15) is 0 Å². The third kappa shape index (κ3) is 1.59. The summed E-state index contributed by atoms with van der Waals surface area (Å²) in [7, 11) is 0. The Morgan fingerprint density at radius 2 is 1.77 bits per heavy atom. The first-order chi connectivity index (χ1) is 6.24. The van der Waals surface area contributed by atoms with E-state index in [9.17, 15) is 4.79 Å². The van der Waals surface area contributed by atoms with Gasteiger partial charge in [0, 0.05) is 5.56 Å². The fourth-order valence-electron chi connectivity index (χ4n) is 1.36. The second-order valence-electron chi connectivity index (χ2n) is 2.83. The molecule has 1 heteroatoms. The summed E-state index contributed by atoms with van der Waals surface area (Å²) >= 11 is 0. The Labute approximate surface area is 78.4 Å². The minimum absolute atomic E-state index is 0.663. The van der Waals surface area contributed by atoms with Gasteiger partial charge in [0.2, 0.25) is 0 Å². The molecule has 66 valence electrons. The van der Waals surface area contributed by atoms with Crippen molar-refractivity contribution in [1.82, 2.24) is 0 Å². The van der Waals surface area contributed by atoms with E-state index in [2.05, 4.69) is 13.2 Å². The van der Waals surface area contributed by atoms with Crippen molar-refractivity contribution in [2.45, 2.75) is 6.92 Å². The fraction of sp³-hybridized carbons (Fsp3) is 0.0833. The van der Waals surface area contributed by atoms with Crippen molar-refractivity contribution >= 4 is 18.4 Å². The molecule has 1 aromatic rings. The molecule has 0 spiro atoms. The van der Waals surface area contributed by atoms with Crippen molar-refractivity contribution < 1.29 is 4.79 Å². The summed E-state index contributed by atoms with van der Waals surface area (Å²) in [5.41, 5.74) is 3.62. The van der Waals surface area contributed by atoms with Crippen LogP contribution < -0.4 is 0 Å². The molecule has 13 heavy (non-hydrogen) atoms. The van der Waals surface area contributed by atoms with Gasteiger partial charge in [-0.15, -0.1) is 0 Å². The van der Waals surface area contributed by atoms with Crippen LogP contribution in [0.2, 0.25) is 0 Å². The van der Waals surface area contributed by atoms with Gasteiger partial charge in [-0.1, -0.05) is 37.4 Å². The summed E-state index contributed by atoms with van der Waals surface area (Å²) in [5, 5.41) is 0. The maximum Gasteiger partial charge on any atom is 0.150 e. The number of rotatable bonds is 3. The molecule has 0 amide bonds. The van der Waals surface area contributed by atoms with Crippen LogP contribution in [0.1, 0.15) is 27.0 Å². The highest BCUT2D eigenvalue weighted by molar-refractivity contribution is 5.85. The Morgan fingerprint density at radius 3 is 2.23 bits per heavy atom. The number of carbonyl (C=O) groups is 1. The Morgan fingerprint density at radius 1 is 1.15 bits per heavy atom. The van der Waals surface area contributed by atoms with E-state index < -0.39 is 0 Å². The topological polar surface area (TPSA) is 17.1 Å². The van der Waals surface area contributed by atoms with E-state index in [4.69, 9.17) is 0 Å². The van der Waals surface area contributed by atoms with Gasteiger partial charge in [-0.3, -0.25) is 4.79 Å². The molecule has 0 radical (unpaired) electrons. The van der Waals surface area contributed by atoms with Gasteiger partial charge < -0.3 is 0 Å². The number of aldehydes is 1. The number of hydrogen-bond donors (Lipinski definition) is 0. The van der Waals surface area contributed by atoms with Crippen LogP contribution in [-0.4, -0.2) is 6.29 Å². The van der Waals surface area contributed by atoms with Crippen LogP contribution in [0, 0.1) is 6.92 Å². The van der Waals surface area contributed by atoms with Crippen molar-refractivity contribution in [1.29, 1.82) is 0 Å². The number of carbonyl (C=O) groups excluding carboxylic acids is 1. The van der Waals surface area contributed by atoms with Gasteiger partial charge in [0.25, 0.3) is 0 Å². The van der Waals surface area contributed by atoms with Crippen LogP contribution in [0.4, 0.5) is 0 Å². The molecule has 0 heterocycles. The van der Waals surface area contributed by atoms with Crippen LogP contribution in [0.3, 0.4) is 0 Å². The molecule has 0 saturated heterocycles. The summed E-state index contributed by atoms with van der Waals surface area (Å²) in [5.74, 6) is 0. The first-order valence-electron chi connectivity index (χ1n) is 4.08. The maximum absolute atomic E-state index is 10.7. The summed E-state index contributed by atoms with van der Waals surface area (Å²) in [4.78, 5) is 10.7. The summed E-state index contributed by atoms with van der Waals surface area (Å²) < 4.78 is 0. The molecule has 0 unspecified atom stereocenters. The van der Waals surface area contributed by atoms with Gasteiger partial charge in [0.05, 0.1) is 0 Å². The minimum Gasteiger partial charge on any atom is -0.298 e. The molecule has 1 rings (SSSR count). The molecule has 1 nitrogen and oxygen atoms in total. The molecule has 0 fully saturated rings. The Hall–Kier alpha value is -1.63. The van der Waals surface area contributed by atoms with Crippen molar-refractivity contribution in [2.75, 3.05) is 0 Å². The largest absolute Gasteiger partial charge is 0.298 e. The predicted molar refractivity (Wildman–Crippen MR) is 56.7 cm³/mol. The van der Waals surface area contributed by atoms with Crippen molar-refractivity contribution in [2.24, 2.45) is 0 Å². The van der Waals surface area contributed by atoms with E-state index >= 15 is 0 Å². The zero-order chi connectivity index (χ0) is 9.84. The number of benzene rings is 1. The van der Waals surface area contributed by atoms with Gasteiger partial charge in [-0.05, 0) is 23.6 Å². The van der Waals surface area contributed by atoms with E-state index in [0.717, 1.165) is 23.0 Å². The highest BCUT2D eigenvalue weighted by Crippen LogP contribution is 2.20. The van der Waals surface area contributed by atoms with Crippen molar-refractivity contribution in [3.05, 3.63) is 47.5 Å². The lowest BCUT2D eigenvalue weighted by Gasteiger charge is -2.07. The molecule has 0 N–H and O–H groups in total. The average molecular weight is 172 g/mol. The zero-order valence-electron chi connectivity index (χ0n) is 7.71. The fourth-order valence-corrected chi connectivity index (χ4v) is 1.36. The third-order valence-electron chi connectivity index (χ3n) is 2.07. The maximum atomic E-state index is 10.7. The Bertz CT molecular complexity index is 362. The third-order valence-corrected chi connectivity index (χ3v) is 2.07. The molecule has 0 aliphatic carbocycles. The van der Waals surface area contributed by atoms with E-state index in [1.165, 1.54) is 0 Å². The van der Waals surface area contributed by atoms with Crippen LogP contribution >= 0.6 is 0 Å². The summed E-state index contributed by atoms with van der Waals surface area (Å²) in [6.45, 7) is 9.38. The van der Waals surface area contributed by atoms with Crippen LogP contribution in [-0.2, 0) is 0 Å². The Kier molecular flexibility index (Phi) is 2.80. The van der Waals surface area contributed by atoms with Crippen molar-refractivity contribution in [3.8, 4) is 0 Å². The molecule has 1 aromatic carbocycles. The van der Waals surface area contributed by atoms with E-state index in [0.29, 0.717) is 5.56 Å². The van der Waals surface area contributed by atoms with Gasteiger partial charge in [-0.25, -0.2) is 0 Å². The van der Waals surface area contributed by atoms with Gasteiger partial charge in [-0.2, -0.15) is 0 Å². The minimum atomic E-state index is 0.663. The molecule has 0 aliphatic rings. The first kappa shape index (κ1) is 9.46. The van der Waals surface area contributed by atoms with Gasteiger partial charge >= 0.3 is 0 Å². The van der Waals surface area contributed by atoms with Gasteiger partial charge in [0.15, 0.2) is 6.29 Å². The highest BCUT2D eigenvalue weighted by atomic mass is 16.1. The number of hydrogen-bond acceptors (Lipinski definition) is 1. The lowest BCUT2D eigenvalue weighted by molar-refractivity contribution is 0.112. The van der Waals surface area contributed by atoms with Crippen LogP contribution in [0.25, 0.3) is 12.2 Å². The van der Waals surface area contributed by atoms with Crippen molar-refractivity contribution in [3.63, 3.8) is 0 Å². The SMILES string of the molecule is C=Cc1c(C)ccc(C=O)c1C=C. The molecule has 0 bridgehead atoms. The average Bonchev–Trinajstić information content (AvgIpc) is 2.17. The monoisotopic (exact) mass is 172 g/mol. The first-order valence-corrected chi connectivity index (χ1v) is 4.08. The second kappa shape index (κ2) is 3.85. The second-order valence-corrected chi connectivity index (χ2v) is 2.83. The molecule has 0 saturated carbocycles. The van der Waals surface area contributed by atoms with E-state index in [-0.39, 0.29) is 0 Å². The normalized spacial score (nSPS) is 9.31. The Balaban J connectivity index is 3.53. The smallest absolute Gasteiger partial charge is 0.150 e. The summed E-state index contributed by atoms with van der Waals surface area (Å²) in [6, 6.07) is 3.71. The molecule has 0 atom stereocenters. The number of aryl methyl sites for hydroxylation is 1. The van der Waals surface area contributed by atoms with E-state index in [1.54, 1.807) is 18.2 Å². The quantitative estimate of drug-likeness (QED) is 0.640. The van der Waals surface area contributed by atoms with Crippen LogP contribution in [0.5, 0.6) is 0 Å². The standard InChI is InChI=1S/C12H12O/c1-4-11-9(3)6-7-10(8-13)12(11)5-2/h4-8H,1-2H2,3H3. The molecule has 0 aliphatic heterocycles. The molecule has 0 aromatic heterocycles. The lowest BCUT2D eigenvalue weighted by Crippen LogP contribution is -1.92. The molecular formula is C12H12O. The van der Waals surface area contributed by atoms with E-state index in [1.807, 2.05) is 13.0 Å². The lowest BCUT2D eigenvalue weighted by atomic mass is 9.97. The zero-order valence-corrected chi connectivity index (χ0v) is 7.71. The summed E-state index contributed by atoms with van der Waals surface area (Å²) in [6.07, 6.45) is 4.27.